The van der Waals surface area contributed by atoms with E-state index in [2.05, 4.69) is 5.32 Å². The molecule has 0 aromatic heterocycles. The van der Waals surface area contributed by atoms with E-state index in [4.69, 9.17) is 4.74 Å². The Kier molecular flexibility index (Phi) is 4.20. The summed E-state index contributed by atoms with van der Waals surface area (Å²) >= 11 is 0. The molecule has 1 aromatic carbocycles. The van der Waals surface area contributed by atoms with Crippen molar-refractivity contribution in [3.05, 3.63) is 29.8 Å². The molecule has 1 amide bonds. The van der Waals surface area contributed by atoms with E-state index in [0.717, 1.165) is 18.4 Å². The van der Waals surface area contributed by atoms with Gasteiger partial charge < -0.3 is 15.2 Å². The highest BCUT2D eigenvalue weighted by Crippen LogP contribution is 2.14. The van der Waals surface area contributed by atoms with Gasteiger partial charge in [0, 0.05) is 12.6 Å². The smallest absolute Gasteiger partial charge is 0.225 e. The average Bonchev–Trinajstić information content (AvgIpc) is 2.85. The van der Waals surface area contributed by atoms with Gasteiger partial charge in [0.15, 0.2) is 0 Å². The number of carbonyl (C=O) groups is 1. The summed E-state index contributed by atoms with van der Waals surface area (Å²) in [4.78, 5) is 11.9. The fourth-order valence-electron chi connectivity index (χ4n) is 2.14. The van der Waals surface area contributed by atoms with Crippen LogP contribution in [0.1, 0.15) is 18.9 Å². The summed E-state index contributed by atoms with van der Waals surface area (Å²) in [6.07, 6.45) is 1.58. The van der Waals surface area contributed by atoms with Crippen molar-refractivity contribution in [1.29, 1.82) is 0 Å². The lowest BCUT2D eigenvalue weighted by Crippen LogP contribution is -2.38. The molecule has 18 heavy (non-hydrogen) atoms. The second-order valence-corrected chi connectivity index (χ2v) is 4.84. The van der Waals surface area contributed by atoms with Gasteiger partial charge in [0.25, 0.3) is 0 Å². The summed E-state index contributed by atoms with van der Waals surface area (Å²) < 4.78 is 5.20. The zero-order chi connectivity index (χ0) is 13.0. The maximum Gasteiger partial charge on any atom is 0.225 e. The number of hydrogen-bond donors (Lipinski definition) is 2. The van der Waals surface area contributed by atoms with E-state index >= 15 is 0 Å². The highest BCUT2D eigenvalue weighted by Gasteiger charge is 2.24. The van der Waals surface area contributed by atoms with Crippen LogP contribution in [0.15, 0.2) is 24.3 Å². The first-order valence-electron chi connectivity index (χ1n) is 6.31. The third-order valence-corrected chi connectivity index (χ3v) is 3.17. The number of carbonyl (C=O) groups excluding carboxylic acids is 1. The Morgan fingerprint density at radius 2 is 2.22 bits per heavy atom. The molecule has 1 heterocycles. The SMILES string of the molecule is CC(Cc1ccc(O)cc1)NC(=O)C1CCOC1. The summed E-state index contributed by atoms with van der Waals surface area (Å²) in [6, 6.07) is 7.15. The van der Waals surface area contributed by atoms with Crippen LogP contribution in [0, 0.1) is 5.92 Å². The van der Waals surface area contributed by atoms with Crippen molar-refractivity contribution in [3.63, 3.8) is 0 Å². The minimum atomic E-state index is 0.00673. The molecule has 2 N–H and O–H groups in total. The summed E-state index contributed by atoms with van der Waals surface area (Å²) in [5.74, 6) is 0.351. The number of phenols is 1. The number of ether oxygens (including phenoxy) is 1. The Morgan fingerprint density at radius 3 is 2.83 bits per heavy atom. The van der Waals surface area contributed by atoms with Crippen LogP contribution >= 0.6 is 0 Å². The molecule has 0 aliphatic carbocycles. The van der Waals surface area contributed by atoms with Crippen molar-refractivity contribution in [2.45, 2.75) is 25.8 Å². The van der Waals surface area contributed by atoms with Crippen molar-refractivity contribution >= 4 is 5.91 Å². The minimum Gasteiger partial charge on any atom is -0.508 e. The first-order chi connectivity index (χ1) is 8.65. The Balaban J connectivity index is 1.82. The molecule has 0 bridgehead atoms. The van der Waals surface area contributed by atoms with E-state index in [1.807, 2.05) is 19.1 Å². The molecule has 1 aliphatic heterocycles. The molecular formula is C14H19NO3. The van der Waals surface area contributed by atoms with Gasteiger partial charge >= 0.3 is 0 Å². The van der Waals surface area contributed by atoms with Crippen LogP contribution in [0.25, 0.3) is 0 Å². The topological polar surface area (TPSA) is 58.6 Å². The summed E-state index contributed by atoms with van der Waals surface area (Å²) in [6.45, 7) is 3.21. The van der Waals surface area contributed by atoms with Crippen LogP contribution in [0.2, 0.25) is 0 Å². The number of amides is 1. The van der Waals surface area contributed by atoms with Crippen LogP contribution in [-0.2, 0) is 16.0 Å². The molecule has 2 rings (SSSR count). The molecule has 1 fully saturated rings. The molecule has 4 nitrogen and oxygen atoms in total. The van der Waals surface area contributed by atoms with E-state index in [9.17, 15) is 9.90 Å². The predicted molar refractivity (Wildman–Crippen MR) is 68.3 cm³/mol. The van der Waals surface area contributed by atoms with Gasteiger partial charge in [-0.15, -0.1) is 0 Å². The fourth-order valence-corrected chi connectivity index (χ4v) is 2.14. The van der Waals surface area contributed by atoms with Crippen molar-refractivity contribution in [2.75, 3.05) is 13.2 Å². The standard InChI is InChI=1S/C14H19NO3/c1-10(8-11-2-4-13(16)5-3-11)15-14(17)12-6-7-18-9-12/h2-5,10,12,16H,6-9H2,1H3,(H,15,17). The second kappa shape index (κ2) is 5.87. The molecule has 1 aliphatic rings. The Labute approximate surface area is 107 Å². The van der Waals surface area contributed by atoms with Gasteiger partial charge in [-0.05, 0) is 37.5 Å². The van der Waals surface area contributed by atoms with Gasteiger partial charge in [0.2, 0.25) is 5.91 Å². The first kappa shape index (κ1) is 12.9. The highest BCUT2D eigenvalue weighted by atomic mass is 16.5. The first-order valence-corrected chi connectivity index (χ1v) is 6.31. The van der Waals surface area contributed by atoms with Crippen LogP contribution in [0.3, 0.4) is 0 Å². The van der Waals surface area contributed by atoms with E-state index in [0.29, 0.717) is 13.2 Å². The largest absolute Gasteiger partial charge is 0.508 e. The van der Waals surface area contributed by atoms with Crippen LogP contribution in [0.5, 0.6) is 5.75 Å². The number of benzene rings is 1. The van der Waals surface area contributed by atoms with E-state index < -0.39 is 0 Å². The van der Waals surface area contributed by atoms with Gasteiger partial charge in [-0.2, -0.15) is 0 Å². The molecule has 0 saturated carbocycles. The van der Waals surface area contributed by atoms with Crippen LogP contribution in [-0.4, -0.2) is 30.3 Å². The van der Waals surface area contributed by atoms with E-state index in [1.54, 1.807) is 12.1 Å². The second-order valence-electron chi connectivity index (χ2n) is 4.84. The Bertz CT molecular complexity index is 396. The number of aromatic hydroxyl groups is 1. The average molecular weight is 249 g/mol. The Hall–Kier alpha value is -1.55. The van der Waals surface area contributed by atoms with Crippen molar-refractivity contribution in [1.82, 2.24) is 5.32 Å². The summed E-state index contributed by atoms with van der Waals surface area (Å²) in [5.41, 5.74) is 1.10. The summed E-state index contributed by atoms with van der Waals surface area (Å²) in [5, 5.41) is 12.2. The van der Waals surface area contributed by atoms with Crippen molar-refractivity contribution in [3.8, 4) is 5.75 Å². The molecule has 0 spiro atoms. The third kappa shape index (κ3) is 3.47. The van der Waals surface area contributed by atoms with Crippen molar-refractivity contribution in [2.24, 2.45) is 5.92 Å². The van der Waals surface area contributed by atoms with Gasteiger partial charge in [0.1, 0.15) is 5.75 Å². The van der Waals surface area contributed by atoms with Crippen LogP contribution in [0.4, 0.5) is 0 Å². The summed E-state index contributed by atoms with van der Waals surface area (Å²) in [7, 11) is 0. The lowest BCUT2D eigenvalue weighted by Gasteiger charge is -2.16. The lowest BCUT2D eigenvalue weighted by molar-refractivity contribution is -0.125. The molecule has 1 saturated heterocycles. The quantitative estimate of drug-likeness (QED) is 0.849. The molecule has 0 radical (unpaired) electrons. The number of rotatable bonds is 4. The number of nitrogens with one attached hydrogen (secondary N) is 1. The maximum atomic E-state index is 11.9. The fraction of sp³-hybridized carbons (Fsp3) is 0.500. The van der Waals surface area contributed by atoms with Crippen molar-refractivity contribution < 1.29 is 14.6 Å². The molecule has 4 heteroatoms. The lowest BCUT2D eigenvalue weighted by atomic mass is 10.0. The zero-order valence-corrected chi connectivity index (χ0v) is 10.6. The third-order valence-electron chi connectivity index (χ3n) is 3.17. The molecule has 98 valence electrons. The van der Waals surface area contributed by atoms with Gasteiger partial charge in [0.05, 0.1) is 12.5 Å². The molecular weight excluding hydrogens is 230 g/mol. The van der Waals surface area contributed by atoms with E-state index in [1.165, 1.54) is 0 Å². The monoisotopic (exact) mass is 249 g/mol. The number of phenolic OH excluding ortho intramolecular Hbond substituents is 1. The van der Waals surface area contributed by atoms with E-state index in [-0.39, 0.29) is 23.6 Å². The van der Waals surface area contributed by atoms with Gasteiger partial charge in [-0.3, -0.25) is 4.79 Å². The van der Waals surface area contributed by atoms with Crippen LogP contribution < -0.4 is 5.32 Å². The normalized spacial score (nSPS) is 20.6. The van der Waals surface area contributed by atoms with Gasteiger partial charge in [-0.1, -0.05) is 12.1 Å². The Morgan fingerprint density at radius 1 is 1.50 bits per heavy atom. The predicted octanol–water partition coefficient (Wildman–Crippen LogP) is 1.48. The molecule has 2 unspecified atom stereocenters. The maximum absolute atomic E-state index is 11.9. The molecule has 2 atom stereocenters. The highest BCUT2D eigenvalue weighted by molar-refractivity contribution is 5.79. The zero-order valence-electron chi connectivity index (χ0n) is 10.6. The van der Waals surface area contributed by atoms with Gasteiger partial charge in [-0.25, -0.2) is 0 Å². The molecule has 1 aromatic rings. The number of hydrogen-bond acceptors (Lipinski definition) is 3. The minimum absolute atomic E-state index is 0.00673.